The van der Waals surface area contributed by atoms with Crippen molar-refractivity contribution in [3.8, 4) is 0 Å². The Bertz CT molecular complexity index is 384. The van der Waals surface area contributed by atoms with Crippen LogP contribution in [-0.2, 0) is 6.42 Å². The highest BCUT2D eigenvalue weighted by molar-refractivity contribution is 5.46. The maximum atomic E-state index is 5.99. The summed E-state index contributed by atoms with van der Waals surface area (Å²) in [5.41, 5.74) is 8.75. The van der Waals surface area contributed by atoms with Crippen LogP contribution in [0.3, 0.4) is 0 Å². The van der Waals surface area contributed by atoms with E-state index in [0.29, 0.717) is 5.41 Å². The Labute approximate surface area is 111 Å². The van der Waals surface area contributed by atoms with Crippen molar-refractivity contribution in [1.29, 1.82) is 0 Å². The number of nitrogens with two attached hydrogens (primary N) is 1. The van der Waals surface area contributed by atoms with Gasteiger partial charge in [0, 0.05) is 12.2 Å². The van der Waals surface area contributed by atoms with Crippen molar-refractivity contribution in [1.82, 2.24) is 4.90 Å². The third-order valence-electron chi connectivity index (χ3n) is 4.19. The maximum Gasteiger partial charge on any atom is 0.0347 e. The molecule has 100 valence electrons. The first-order chi connectivity index (χ1) is 8.57. The molecular formula is C16H26N2. The quantitative estimate of drug-likeness (QED) is 0.829. The van der Waals surface area contributed by atoms with E-state index in [1.807, 2.05) is 12.1 Å². The molecule has 2 rings (SSSR count). The second-order valence-corrected chi connectivity index (χ2v) is 6.31. The van der Waals surface area contributed by atoms with Crippen LogP contribution in [0, 0.1) is 5.41 Å². The van der Waals surface area contributed by atoms with Gasteiger partial charge in [-0.05, 0) is 55.8 Å². The summed E-state index contributed by atoms with van der Waals surface area (Å²) in [5.74, 6) is 0. The number of likely N-dealkylation sites (tertiary alicyclic amines) is 1. The van der Waals surface area contributed by atoms with Crippen LogP contribution in [0.2, 0.25) is 0 Å². The largest absolute Gasteiger partial charge is 0.399 e. The van der Waals surface area contributed by atoms with Crippen molar-refractivity contribution < 1.29 is 0 Å². The second kappa shape index (κ2) is 5.75. The molecule has 0 aliphatic carbocycles. The van der Waals surface area contributed by atoms with Gasteiger partial charge in [-0.1, -0.05) is 32.0 Å². The van der Waals surface area contributed by atoms with Crippen molar-refractivity contribution in [2.75, 3.05) is 25.4 Å². The smallest absolute Gasteiger partial charge is 0.0347 e. The fraction of sp³-hybridized carbons (Fsp3) is 0.625. The molecule has 1 saturated heterocycles. The van der Waals surface area contributed by atoms with E-state index < -0.39 is 0 Å². The van der Waals surface area contributed by atoms with Gasteiger partial charge in [-0.15, -0.1) is 0 Å². The van der Waals surface area contributed by atoms with Gasteiger partial charge in [0.1, 0.15) is 0 Å². The molecule has 0 atom stereocenters. The van der Waals surface area contributed by atoms with Gasteiger partial charge in [0.15, 0.2) is 0 Å². The van der Waals surface area contributed by atoms with E-state index in [1.54, 1.807) is 0 Å². The lowest BCUT2D eigenvalue weighted by atomic mass is 9.85. The molecule has 2 heteroatoms. The van der Waals surface area contributed by atoms with Crippen LogP contribution in [0.25, 0.3) is 0 Å². The van der Waals surface area contributed by atoms with E-state index in [1.165, 1.54) is 37.9 Å². The topological polar surface area (TPSA) is 29.3 Å². The Morgan fingerprint density at radius 2 is 1.94 bits per heavy atom. The molecule has 1 fully saturated rings. The molecule has 0 spiro atoms. The van der Waals surface area contributed by atoms with Crippen molar-refractivity contribution in [2.24, 2.45) is 5.41 Å². The van der Waals surface area contributed by atoms with E-state index >= 15 is 0 Å². The van der Waals surface area contributed by atoms with Gasteiger partial charge in [-0.25, -0.2) is 0 Å². The van der Waals surface area contributed by atoms with Gasteiger partial charge in [0.05, 0.1) is 0 Å². The summed E-state index contributed by atoms with van der Waals surface area (Å²) in [7, 11) is 0. The third-order valence-corrected chi connectivity index (χ3v) is 4.19. The molecule has 0 amide bonds. The van der Waals surface area contributed by atoms with Gasteiger partial charge < -0.3 is 10.6 Å². The average molecular weight is 246 g/mol. The Morgan fingerprint density at radius 3 is 2.72 bits per heavy atom. The minimum Gasteiger partial charge on any atom is -0.399 e. The van der Waals surface area contributed by atoms with E-state index in [2.05, 4.69) is 30.9 Å². The summed E-state index contributed by atoms with van der Waals surface area (Å²) in [6.07, 6.45) is 5.08. The molecule has 0 unspecified atom stereocenters. The molecule has 0 aromatic heterocycles. The van der Waals surface area contributed by atoms with E-state index in [0.717, 1.165) is 18.7 Å². The zero-order valence-electron chi connectivity index (χ0n) is 11.8. The molecule has 0 radical (unpaired) electrons. The number of hydrogen-bond acceptors (Lipinski definition) is 2. The molecule has 1 aromatic carbocycles. The van der Waals surface area contributed by atoms with Gasteiger partial charge in [0.25, 0.3) is 0 Å². The van der Waals surface area contributed by atoms with E-state index in [9.17, 15) is 0 Å². The molecule has 1 aliphatic heterocycles. The number of para-hydroxylation sites is 1. The van der Waals surface area contributed by atoms with Crippen molar-refractivity contribution >= 4 is 5.69 Å². The highest BCUT2D eigenvalue weighted by atomic mass is 15.1. The number of rotatable bonds is 3. The van der Waals surface area contributed by atoms with Gasteiger partial charge >= 0.3 is 0 Å². The van der Waals surface area contributed by atoms with E-state index in [4.69, 9.17) is 5.73 Å². The highest BCUT2D eigenvalue weighted by Crippen LogP contribution is 2.29. The monoisotopic (exact) mass is 246 g/mol. The zero-order valence-corrected chi connectivity index (χ0v) is 11.8. The first kappa shape index (κ1) is 13.4. The van der Waals surface area contributed by atoms with Crippen molar-refractivity contribution in [3.05, 3.63) is 29.8 Å². The fourth-order valence-corrected chi connectivity index (χ4v) is 2.74. The Hall–Kier alpha value is -1.02. The summed E-state index contributed by atoms with van der Waals surface area (Å²) in [4.78, 5) is 2.60. The summed E-state index contributed by atoms with van der Waals surface area (Å²) in [6, 6.07) is 8.24. The lowest BCUT2D eigenvalue weighted by Gasteiger charge is -2.23. The van der Waals surface area contributed by atoms with Crippen molar-refractivity contribution in [2.45, 2.75) is 39.5 Å². The van der Waals surface area contributed by atoms with Crippen LogP contribution in [-0.4, -0.2) is 24.5 Å². The Morgan fingerprint density at radius 1 is 1.17 bits per heavy atom. The number of benzene rings is 1. The summed E-state index contributed by atoms with van der Waals surface area (Å²) in [5, 5.41) is 0. The molecule has 2 nitrogen and oxygen atoms in total. The number of nitrogens with zero attached hydrogens (tertiary/aromatic N) is 1. The van der Waals surface area contributed by atoms with Crippen LogP contribution in [0.4, 0.5) is 5.69 Å². The normalized spacial score (nSPS) is 20.6. The average Bonchev–Trinajstić information content (AvgIpc) is 2.50. The van der Waals surface area contributed by atoms with Gasteiger partial charge in [-0.2, -0.15) is 0 Å². The first-order valence-corrected chi connectivity index (χ1v) is 7.13. The minimum atomic E-state index is 0.528. The van der Waals surface area contributed by atoms with Crippen LogP contribution < -0.4 is 5.73 Å². The number of hydrogen-bond donors (Lipinski definition) is 1. The second-order valence-electron chi connectivity index (χ2n) is 6.31. The lowest BCUT2D eigenvalue weighted by Crippen LogP contribution is -2.28. The molecule has 2 N–H and O–H groups in total. The van der Waals surface area contributed by atoms with Crippen LogP contribution in [0.15, 0.2) is 24.3 Å². The maximum absolute atomic E-state index is 5.99. The Balaban J connectivity index is 1.85. The van der Waals surface area contributed by atoms with Gasteiger partial charge in [-0.3, -0.25) is 0 Å². The first-order valence-electron chi connectivity index (χ1n) is 7.13. The number of anilines is 1. The van der Waals surface area contributed by atoms with E-state index in [-0.39, 0.29) is 0 Å². The SMILES string of the molecule is CC1(C)CCCN(CCc2ccccc2N)CC1. The molecule has 1 aliphatic rings. The molecule has 0 bridgehead atoms. The molecular weight excluding hydrogens is 220 g/mol. The molecule has 0 saturated carbocycles. The Kier molecular flexibility index (Phi) is 4.28. The summed E-state index contributed by atoms with van der Waals surface area (Å²) < 4.78 is 0. The summed E-state index contributed by atoms with van der Waals surface area (Å²) >= 11 is 0. The van der Waals surface area contributed by atoms with Crippen LogP contribution in [0.5, 0.6) is 0 Å². The van der Waals surface area contributed by atoms with Crippen LogP contribution >= 0.6 is 0 Å². The van der Waals surface area contributed by atoms with Crippen molar-refractivity contribution in [3.63, 3.8) is 0 Å². The molecule has 18 heavy (non-hydrogen) atoms. The zero-order chi connectivity index (χ0) is 13.0. The predicted molar refractivity (Wildman–Crippen MR) is 78.6 cm³/mol. The predicted octanol–water partition coefficient (Wildman–Crippen LogP) is 3.32. The van der Waals surface area contributed by atoms with Crippen LogP contribution in [0.1, 0.15) is 38.7 Å². The third kappa shape index (κ3) is 3.74. The lowest BCUT2D eigenvalue weighted by molar-refractivity contribution is 0.265. The molecule has 1 aromatic rings. The fourth-order valence-electron chi connectivity index (χ4n) is 2.74. The number of nitrogen functional groups attached to an aromatic ring is 1. The summed E-state index contributed by atoms with van der Waals surface area (Å²) in [6.45, 7) is 8.41. The minimum absolute atomic E-state index is 0.528. The standard InChI is InChI=1S/C16H26N2/c1-16(2)9-5-11-18(13-10-16)12-8-14-6-3-4-7-15(14)17/h3-4,6-7H,5,8-13,17H2,1-2H3. The highest BCUT2D eigenvalue weighted by Gasteiger charge is 2.22. The molecule has 1 heterocycles. The van der Waals surface area contributed by atoms with Gasteiger partial charge in [0.2, 0.25) is 0 Å².